The molecular formula is C21H23NO4. The number of nitrogens with zero attached hydrogens (tertiary/aromatic N) is 1. The van der Waals surface area contributed by atoms with Crippen molar-refractivity contribution in [1.29, 1.82) is 0 Å². The fourth-order valence-electron chi connectivity index (χ4n) is 3.83. The van der Waals surface area contributed by atoms with Crippen LogP contribution in [0.3, 0.4) is 0 Å². The van der Waals surface area contributed by atoms with Crippen LogP contribution in [0.2, 0.25) is 0 Å². The molecule has 1 fully saturated rings. The van der Waals surface area contributed by atoms with Crippen LogP contribution in [0.4, 0.5) is 0 Å². The second-order valence-electron chi connectivity index (χ2n) is 7.17. The number of ether oxygens (including phenoxy) is 1. The molecule has 0 bridgehead atoms. The largest absolute Gasteiger partial charge is 0.507 e. The van der Waals surface area contributed by atoms with Crippen molar-refractivity contribution >= 4 is 11.9 Å². The average molecular weight is 353 g/mol. The van der Waals surface area contributed by atoms with E-state index >= 15 is 0 Å². The highest BCUT2D eigenvalue weighted by atomic mass is 16.5. The lowest BCUT2D eigenvalue weighted by atomic mass is 9.97. The van der Waals surface area contributed by atoms with Gasteiger partial charge in [-0.3, -0.25) is 9.69 Å². The molecule has 0 saturated carbocycles. The van der Waals surface area contributed by atoms with Crippen molar-refractivity contribution in [2.75, 3.05) is 6.54 Å². The van der Waals surface area contributed by atoms with Gasteiger partial charge in [-0.25, -0.2) is 0 Å². The first-order valence-electron chi connectivity index (χ1n) is 9.12. The molecule has 26 heavy (non-hydrogen) atoms. The summed E-state index contributed by atoms with van der Waals surface area (Å²) in [5.74, 6) is 1.31. The minimum atomic E-state index is -0.165. The van der Waals surface area contributed by atoms with Gasteiger partial charge in [-0.15, -0.1) is 0 Å². The predicted molar refractivity (Wildman–Crippen MR) is 98.2 cm³/mol. The van der Waals surface area contributed by atoms with Crippen LogP contribution in [0, 0.1) is 6.92 Å². The predicted octanol–water partition coefficient (Wildman–Crippen LogP) is 4.28. The Labute approximate surface area is 152 Å². The van der Waals surface area contributed by atoms with Crippen LogP contribution >= 0.6 is 0 Å². The zero-order valence-electron chi connectivity index (χ0n) is 15.1. The highest BCUT2D eigenvalue weighted by Crippen LogP contribution is 2.42. The smallest absolute Gasteiger partial charge is 0.232 e. The summed E-state index contributed by atoms with van der Waals surface area (Å²) in [6, 6.07) is 5.65. The summed E-state index contributed by atoms with van der Waals surface area (Å²) in [4.78, 5) is 15.2. The van der Waals surface area contributed by atoms with E-state index in [1.54, 1.807) is 30.5 Å². The lowest BCUT2D eigenvalue weighted by molar-refractivity contribution is 0.101. The molecule has 1 aromatic carbocycles. The molecule has 0 spiro atoms. The summed E-state index contributed by atoms with van der Waals surface area (Å²) < 4.78 is 11.2. The summed E-state index contributed by atoms with van der Waals surface area (Å²) in [7, 11) is 0. The van der Waals surface area contributed by atoms with Crippen molar-refractivity contribution in [2.24, 2.45) is 0 Å². The first kappa shape index (κ1) is 16.9. The maximum absolute atomic E-state index is 12.8. The first-order valence-corrected chi connectivity index (χ1v) is 9.12. The molecule has 0 aliphatic carbocycles. The Balaban J connectivity index is 1.72. The monoisotopic (exact) mass is 353 g/mol. The minimum absolute atomic E-state index is 0.165. The molecule has 5 nitrogen and oxygen atoms in total. The van der Waals surface area contributed by atoms with Gasteiger partial charge in [-0.05, 0) is 57.0 Å². The Bertz CT molecular complexity index is 867. The molecule has 4 rings (SSSR count). The maximum atomic E-state index is 12.8. The van der Waals surface area contributed by atoms with Crippen LogP contribution in [0.25, 0.3) is 6.08 Å². The number of phenolic OH excluding ortho intramolecular Hbond substituents is 1. The zero-order chi connectivity index (χ0) is 18.3. The number of Topliss-reactive ketones (excluding diaryl/α,β-unsaturated/α-hetero) is 1. The first-order chi connectivity index (χ1) is 12.5. The van der Waals surface area contributed by atoms with E-state index in [1.807, 2.05) is 6.92 Å². The number of rotatable bonds is 3. The third-order valence-corrected chi connectivity index (χ3v) is 5.34. The summed E-state index contributed by atoms with van der Waals surface area (Å²) >= 11 is 0. The van der Waals surface area contributed by atoms with Gasteiger partial charge in [0.05, 0.1) is 17.4 Å². The summed E-state index contributed by atoms with van der Waals surface area (Å²) in [5.41, 5.74) is 1.96. The summed E-state index contributed by atoms with van der Waals surface area (Å²) in [6.07, 6.45) is 6.70. The van der Waals surface area contributed by atoms with Crippen LogP contribution < -0.4 is 4.74 Å². The van der Waals surface area contributed by atoms with E-state index in [0.717, 1.165) is 24.9 Å². The van der Waals surface area contributed by atoms with Gasteiger partial charge < -0.3 is 14.3 Å². The number of carbonyl (C=O) groups excluding carboxylic acids is 1. The topological polar surface area (TPSA) is 62.9 Å². The van der Waals surface area contributed by atoms with Crippen molar-refractivity contribution in [2.45, 2.75) is 45.7 Å². The van der Waals surface area contributed by atoms with Crippen molar-refractivity contribution in [3.05, 3.63) is 52.7 Å². The number of ketones is 1. The number of likely N-dealkylation sites (tertiary alicyclic amines) is 1. The number of allylic oxidation sites excluding steroid dienone is 1. The third kappa shape index (κ3) is 2.92. The van der Waals surface area contributed by atoms with Crippen molar-refractivity contribution in [1.82, 2.24) is 4.90 Å². The van der Waals surface area contributed by atoms with Crippen LogP contribution in [0.15, 0.2) is 34.6 Å². The third-order valence-electron chi connectivity index (χ3n) is 5.34. The highest BCUT2D eigenvalue weighted by Gasteiger charge is 2.34. The van der Waals surface area contributed by atoms with E-state index in [1.165, 1.54) is 6.42 Å². The van der Waals surface area contributed by atoms with Gasteiger partial charge in [0.1, 0.15) is 17.3 Å². The number of fused-ring (bicyclic) bond motifs is 1. The number of benzene rings is 1. The lowest BCUT2D eigenvalue weighted by Crippen LogP contribution is -2.36. The lowest BCUT2D eigenvalue weighted by Gasteiger charge is -2.33. The number of aryl methyl sites for hydroxylation is 1. The van der Waals surface area contributed by atoms with E-state index in [9.17, 15) is 9.90 Å². The van der Waals surface area contributed by atoms with Crippen molar-refractivity contribution in [3.8, 4) is 11.5 Å². The average Bonchev–Trinajstić information content (AvgIpc) is 3.22. The quantitative estimate of drug-likeness (QED) is 0.834. The van der Waals surface area contributed by atoms with E-state index in [0.29, 0.717) is 35.2 Å². The van der Waals surface area contributed by atoms with Crippen LogP contribution in [-0.2, 0) is 6.54 Å². The van der Waals surface area contributed by atoms with Gasteiger partial charge in [0, 0.05) is 18.7 Å². The molecule has 3 heterocycles. The Morgan fingerprint density at radius 3 is 2.96 bits per heavy atom. The molecule has 1 saturated heterocycles. The molecule has 0 radical (unpaired) electrons. The van der Waals surface area contributed by atoms with E-state index < -0.39 is 0 Å². The molecule has 1 atom stereocenters. The highest BCUT2D eigenvalue weighted by molar-refractivity contribution is 6.15. The Morgan fingerprint density at radius 2 is 2.23 bits per heavy atom. The summed E-state index contributed by atoms with van der Waals surface area (Å²) in [6.45, 7) is 5.60. The zero-order valence-corrected chi connectivity index (χ0v) is 15.1. The van der Waals surface area contributed by atoms with Gasteiger partial charge >= 0.3 is 0 Å². The normalized spacial score (nSPS) is 21.8. The van der Waals surface area contributed by atoms with Crippen LogP contribution in [0.1, 0.15) is 53.4 Å². The molecular weight excluding hydrogens is 330 g/mol. The minimum Gasteiger partial charge on any atom is -0.507 e. The molecule has 1 aromatic heterocycles. The molecule has 2 aliphatic rings. The number of phenols is 1. The molecule has 136 valence electrons. The second kappa shape index (κ2) is 6.65. The van der Waals surface area contributed by atoms with Crippen LogP contribution in [-0.4, -0.2) is 28.4 Å². The summed E-state index contributed by atoms with van der Waals surface area (Å²) in [5, 5.41) is 10.5. The number of aromatic hydroxyl groups is 1. The fourth-order valence-corrected chi connectivity index (χ4v) is 3.83. The van der Waals surface area contributed by atoms with Gasteiger partial charge in [0.25, 0.3) is 0 Å². The molecule has 2 aromatic rings. The van der Waals surface area contributed by atoms with Crippen molar-refractivity contribution < 1.29 is 19.1 Å². The number of hydrogen-bond acceptors (Lipinski definition) is 5. The molecule has 5 heteroatoms. The van der Waals surface area contributed by atoms with Crippen LogP contribution in [0.5, 0.6) is 11.5 Å². The number of hydrogen-bond donors (Lipinski definition) is 1. The maximum Gasteiger partial charge on any atom is 0.232 e. The van der Waals surface area contributed by atoms with Gasteiger partial charge in [0.15, 0.2) is 5.76 Å². The molecule has 2 aliphatic heterocycles. The number of furan rings is 1. The fraction of sp³-hybridized carbons (Fsp3) is 0.381. The molecule has 0 amide bonds. The number of carbonyl (C=O) groups is 1. The van der Waals surface area contributed by atoms with Gasteiger partial charge in [0.2, 0.25) is 5.78 Å². The number of piperidine rings is 1. The second-order valence-corrected chi connectivity index (χ2v) is 7.17. The van der Waals surface area contributed by atoms with E-state index in [-0.39, 0.29) is 17.3 Å². The molecule has 1 unspecified atom stereocenters. The van der Waals surface area contributed by atoms with Crippen molar-refractivity contribution in [3.63, 3.8) is 0 Å². The molecule has 1 N–H and O–H groups in total. The van der Waals surface area contributed by atoms with E-state index in [2.05, 4.69) is 11.8 Å². The van der Waals surface area contributed by atoms with Gasteiger partial charge in [-0.2, -0.15) is 0 Å². The Kier molecular flexibility index (Phi) is 4.32. The SMILES string of the molecule is Cc1cc(O)c(CN2CCCCC2C)c2c1C(=O)/C(=C/c1ccco1)O2. The van der Waals surface area contributed by atoms with E-state index in [4.69, 9.17) is 9.15 Å². The Morgan fingerprint density at radius 1 is 1.38 bits per heavy atom. The van der Waals surface area contributed by atoms with Gasteiger partial charge in [-0.1, -0.05) is 6.42 Å². The Hall–Kier alpha value is -2.53. The standard InChI is InChI=1S/C21H23NO4/c1-13-10-17(23)16(12-22-8-4-3-6-14(22)2)21-19(13)20(24)18(26-21)11-15-7-5-9-25-15/h5,7,9-11,14,23H,3-4,6,8,12H2,1-2H3/b18-11-.